The molecule has 2 rings (SSSR count). The molecule has 0 aliphatic carbocycles. The minimum atomic E-state index is -4.62. The lowest BCUT2D eigenvalue weighted by atomic mass is 10.1. The smallest absolute Gasteiger partial charge is 0.350 e. The van der Waals surface area contributed by atoms with E-state index in [-0.39, 0.29) is 5.69 Å². The monoisotopic (exact) mass is 310 g/mol. The van der Waals surface area contributed by atoms with Gasteiger partial charge in [0.1, 0.15) is 5.69 Å². The zero-order valence-electron chi connectivity index (χ0n) is 11.6. The van der Waals surface area contributed by atoms with Crippen molar-refractivity contribution in [2.45, 2.75) is 19.5 Å². The van der Waals surface area contributed by atoms with Gasteiger partial charge in [0.05, 0.1) is 10.5 Å². The Morgan fingerprint density at radius 3 is 2.27 bits per heavy atom. The van der Waals surface area contributed by atoms with E-state index in [0.717, 1.165) is 24.1 Å². The zero-order valence-corrected chi connectivity index (χ0v) is 11.6. The van der Waals surface area contributed by atoms with Crippen LogP contribution in [0.5, 0.6) is 0 Å². The van der Waals surface area contributed by atoms with Crippen molar-refractivity contribution in [1.29, 1.82) is 0 Å². The van der Waals surface area contributed by atoms with Crippen molar-refractivity contribution in [1.82, 2.24) is 0 Å². The molecule has 7 heteroatoms. The summed E-state index contributed by atoms with van der Waals surface area (Å²) in [6.45, 7) is 1.99. The number of benzene rings is 2. The molecule has 0 saturated carbocycles. The minimum absolute atomic E-state index is 0.0160. The fourth-order valence-electron chi connectivity index (χ4n) is 1.94. The quantitative estimate of drug-likeness (QED) is 0.644. The number of nitro groups is 1. The van der Waals surface area contributed by atoms with Crippen LogP contribution in [-0.4, -0.2) is 4.92 Å². The average Bonchev–Trinajstić information content (AvgIpc) is 2.47. The molecule has 0 fully saturated rings. The molecule has 2 aromatic rings. The molecule has 4 nitrogen and oxygen atoms in total. The van der Waals surface area contributed by atoms with Gasteiger partial charge in [0.2, 0.25) is 0 Å². The molecule has 1 N–H and O–H groups in total. The lowest BCUT2D eigenvalue weighted by Crippen LogP contribution is -2.06. The first kappa shape index (κ1) is 15.8. The predicted molar refractivity (Wildman–Crippen MR) is 77.2 cm³/mol. The van der Waals surface area contributed by atoms with Crippen LogP contribution >= 0.6 is 0 Å². The van der Waals surface area contributed by atoms with Gasteiger partial charge in [0.25, 0.3) is 5.69 Å². The number of aryl methyl sites for hydroxylation is 1. The maximum absolute atomic E-state index is 12.6. The van der Waals surface area contributed by atoms with E-state index in [1.807, 2.05) is 19.1 Å². The molecule has 0 aliphatic heterocycles. The summed E-state index contributed by atoms with van der Waals surface area (Å²) in [7, 11) is 0. The Morgan fingerprint density at radius 2 is 1.77 bits per heavy atom. The highest BCUT2D eigenvalue weighted by Crippen LogP contribution is 2.36. The average molecular weight is 310 g/mol. The lowest BCUT2D eigenvalue weighted by Gasteiger charge is -2.11. The molecule has 0 atom stereocenters. The molecule has 0 aromatic heterocycles. The molecule has 0 amide bonds. The highest BCUT2D eigenvalue weighted by molar-refractivity contribution is 5.70. The van der Waals surface area contributed by atoms with Crippen LogP contribution in [0, 0.1) is 10.1 Å². The number of hydrogen-bond acceptors (Lipinski definition) is 3. The Kier molecular flexibility index (Phi) is 4.35. The number of hydrogen-bond donors (Lipinski definition) is 1. The van der Waals surface area contributed by atoms with E-state index in [9.17, 15) is 23.3 Å². The lowest BCUT2D eigenvalue weighted by molar-refractivity contribution is -0.384. The van der Waals surface area contributed by atoms with Crippen LogP contribution in [-0.2, 0) is 12.6 Å². The van der Waals surface area contributed by atoms with E-state index < -0.39 is 22.4 Å². The second-order valence-corrected chi connectivity index (χ2v) is 4.66. The van der Waals surface area contributed by atoms with Crippen molar-refractivity contribution in [3.8, 4) is 0 Å². The highest BCUT2D eigenvalue weighted by Gasteiger charge is 2.33. The first-order chi connectivity index (χ1) is 10.3. The maximum atomic E-state index is 12.6. The van der Waals surface area contributed by atoms with Gasteiger partial charge in [-0.05, 0) is 36.2 Å². The molecule has 0 saturated heterocycles. The largest absolute Gasteiger partial charge is 0.416 e. The Balaban J connectivity index is 2.35. The summed E-state index contributed by atoms with van der Waals surface area (Å²) in [5.41, 5.74) is 0.00949. The van der Waals surface area contributed by atoms with Crippen LogP contribution in [0.2, 0.25) is 0 Å². The van der Waals surface area contributed by atoms with Gasteiger partial charge in [-0.1, -0.05) is 19.1 Å². The van der Waals surface area contributed by atoms with Gasteiger partial charge in [0, 0.05) is 11.8 Å². The van der Waals surface area contributed by atoms with Gasteiger partial charge in [-0.2, -0.15) is 13.2 Å². The van der Waals surface area contributed by atoms with Gasteiger partial charge in [0.15, 0.2) is 0 Å². The fraction of sp³-hybridized carbons (Fsp3) is 0.200. The number of halogens is 3. The molecular weight excluding hydrogens is 297 g/mol. The van der Waals surface area contributed by atoms with Gasteiger partial charge < -0.3 is 5.32 Å². The van der Waals surface area contributed by atoms with E-state index in [1.54, 1.807) is 12.1 Å². The van der Waals surface area contributed by atoms with E-state index in [2.05, 4.69) is 5.32 Å². The Hall–Kier alpha value is -2.57. The third-order valence-electron chi connectivity index (χ3n) is 3.16. The zero-order chi connectivity index (χ0) is 16.3. The molecule has 0 unspecified atom stereocenters. The molecule has 0 aliphatic rings. The number of anilines is 2. The second kappa shape index (κ2) is 6.05. The van der Waals surface area contributed by atoms with Gasteiger partial charge in [-0.15, -0.1) is 0 Å². The summed E-state index contributed by atoms with van der Waals surface area (Å²) in [5.74, 6) is 0. The molecule has 0 heterocycles. The van der Waals surface area contributed by atoms with Crippen LogP contribution in [0.4, 0.5) is 30.2 Å². The van der Waals surface area contributed by atoms with Crippen LogP contribution in [0.1, 0.15) is 18.1 Å². The summed E-state index contributed by atoms with van der Waals surface area (Å²) in [6.07, 6.45) is -3.77. The number of nitrogens with one attached hydrogen (secondary N) is 1. The van der Waals surface area contributed by atoms with E-state index >= 15 is 0 Å². The van der Waals surface area contributed by atoms with Crippen molar-refractivity contribution < 1.29 is 18.1 Å². The third kappa shape index (κ3) is 3.55. The third-order valence-corrected chi connectivity index (χ3v) is 3.16. The number of alkyl halides is 3. The molecule has 116 valence electrons. The van der Waals surface area contributed by atoms with Crippen molar-refractivity contribution in [2.24, 2.45) is 0 Å². The highest BCUT2D eigenvalue weighted by atomic mass is 19.4. The van der Waals surface area contributed by atoms with Crippen LogP contribution in [0.25, 0.3) is 0 Å². The number of nitrogens with zero attached hydrogens (tertiary/aromatic N) is 1. The van der Waals surface area contributed by atoms with Crippen LogP contribution in [0.3, 0.4) is 0 Å². The molecular formula is C15H13F3N2O2. The fourth-order valence-corrected chi connectivity index (χ4v) is 1.94. The first-order valence-electron chi connectivity index (χ1n) is 6.53. The van der Waals surface area contributed by atoms with Crippen molar-refractivity contribution in [3.63, 3.8) is 0 Å². The second-order valence-electron chi connectivity index (χ2n) is 4.66. The van der Waals surface area contributed by atoms with Gasteiger partial charge in [-0.25, -0.2) is 0 Å². The molecule has 0 radical (unpaired) electrons. The van der Waals surface area contributed by atoms with Gasteiger partial charge in [-0.3, -0.25) is 10.1 Å². The SMILES string of the molecule is CCc1ccc(Nc2ccc(C(F)(F)F)cc2[N+](=O)[O-])cc1. The normalized spacial score (nSPS) is 11.3. The molecule has 22 heavy (non-hydrogen) atoms. The first-order valence-corrected chi connectivity index (χ1v) is 6.53. The van der Waals surface area contributed by atoms with Gasteiger partial charge >= 0.3 is 6.18 Å². The van der Waals surface area contributed by atoms with Crippen molar-refractivity contribution in [2.75, 3.05) is 5.32 Å². The van der Waals surface area contributed by atoms with Crippen molar-refractivity contribution in [3.05, 3.63) is 63.7 Å². The summed E-state index contributed by atoms with van der Waals surface area (Å²) >= 11 is 0. The maximum Gasteiger partial charge on any atom is 0.416 e. The molecule has 2 aromatic carbocycles. The van der Waals surface area contributed by atoms with E-state index in [0.29, 0.717) is 11.8 Å². The Morgan fingerprint density at radius 1 is 1.14 bits per heavy atom. The topological polar surface area (TPSA) is 55.2 Å². The summed E-state index contributed by atoms with van der Waals surface area (Å²) in [5, 5.41) is 13.8. The van der Waals surface area contributed by atoms with Crippen molar-refractivity contribution >= 4 is 17.1 Å². The van der Waals surface area contributed by atoms with E-state index in [4.69, 9.17) is 0 Å². The Bertz CT molecular complexity index is 682. The predicted octanol–water partition coefficient (Wildman–Crippen LogP) is 4.92. The van der Waals surface area contributed by atoms with E-state index in [1.165, 1.54) is 0 Å². The standard InChI is InChI=1S/C15H13F3N2O2/c1-2-10-3-6-12(7-4-10)19-13-8-5-11(15(16,17)18)9-14(13)20(21)22/h3-9,19H,2H2,1H3. The minimum Gasteiger partial charge on any atom is -0.350 e. The van der Waals surface area contributed by atoms with Crippen LogP contribution < -0.4 is 5.32 Å². The Labute approximate surface area is 124 Å². The molecule has 0 bridgehead atoms. The molecule has 0 spiro atoms. The summed E-state index contributed by atoms with van der Waals surface area (Å²) in [4.78, 5) is 10.2. The number of rotatable bonds is 4. The summed E-state index contributed by atoms with van der Waals surface area (Å²) < 4.78 is 37.9. The number of nitro benzene ring substituents is 1. The summed E-state index contributed by atoms with van der Waals surface area (Å²) in [6, 6.07) is 9.55. The van der Waals surface area contributed by atoms with Crippen LogP contribution in [0.15, 0.2) is 42.5 Å².